The van der Waals surface area contributed by atoms with Crippen molar-refractivity contribution in [2.45, 2.75) is 19.8 Å². The third-order valence-corrected chi connectivity index (χ3v) is 8.06. The number of sulfonamides is 1. The Morgan fingerprint density at radius 1 is 1.17 bits per heavy atom. The minimum absolute atomic E-state index is 0.0400. The first-order valence-corrected chi connectivity index (χ1v) is 11.8. The number of carbonyl (C=O) groups excluding carboxylic acids is 2. The van der Waals surface area contributed by atoms with Crippen LogP contribution in [0.25, 0.3) is 0 Å². The summed E-state index contributed by atoms with van der Waals surface area (Å²) in [5.74, 6) is 0.702. The third kappa shape index (κ3) is 4.32. The third-order valence-electron chi connectivity index (χ3n) is 6.19. The fourth-order valence-corrected chi connectivity index (χ4v) is 5.41. The van der Waals surface area contributed by atoms with Gasteiger partial charge < -0.3 is 10.6 Å². The van der Waals surface area contributed by atoms with E-state index in [2.05, 4.69) is 27.8 Å². The minimum atomic E-state index is -3.16. The number of nitrogens with one attached hydrogen (secondary N) is 2. The zero-order valence-electron chi connectivity index (χ0n) is 17.3. The highest BCUT2D eigenvalue weighted by molar-refractivity contribution is 7.89. The predicted molar refractivity (Wildman–Crippen MR) is 111 cm³/mol. The van der Waals surface area contributed by atoms with Crippen LogP contribution in [0.3, 0.4) is 0 Å². The number of hydrogen-bond donors (Lipinski definition) is 2. The average molecular weight is 426 g/mol. The van der Waals surface area contributed by atoms with Crippen molar-refractivity contribution in [1.29, 1.82) is 0 Å². The summed E-state index contributed by atoms with van der Waals surface area (Å²) in [7, 11) is 0.0555. The molecule has 3 aliphatic rings. The van der Waals surface area contributed by atoms with E-state index in [0.29, 0.717) is 38.6 Å². The smallest absolute Gasteiger partial charge is 0.233 e. The van der Waals surface area contributed by atoms with Gasteiger partial charge in [-0.15, -0.1) is 0 Å². The summed E-state index contributed by atoms with van der Waals surface area (Å²) in [5, 5.41) is 6.24. The zero-order chi connectivity index (χ0) is 21.2. The molecule has 1 heterocycles. The highest BCUT2D eigenvalue weighted by atomic mass is 32.2. The predicted octanol–water partition coefficient (Wildman–Crippen LogP) is -0.370. The molecule has 1 saturated carbocycles. The number of amides is 2. The number of allylic oxidation sites excluding steroid dienone is 2. The fourth-order valence-electron chi connectivity index (χ4n) is 4.56. The number of likely N-dealkylation sites (tertiary alicyclic amines) is 1. The summed E-state index contributed by atoms with van der Waals surface area (Å²) >= 11 is 0. The Morgan fingerprint density at radius 3 is 2.31 bits per heavy atom. The molecule has 2 bridgehead atoms. The molecular formula is C19H31N5O4S. The average Bonchev–Trinajstić information content (AvgIpc) is 3.38. The van der Waals surface area contributed by atoms with E-state index in [1.54, 1.807) is 21.0 Å². The fraction of sp³-hybridized carbons (Fsp3) is 0.737. The van der Waals surface area contributed by atoms with Crippen molar-refractivity contribution in [3.8, 4) is 0 Å². The van der Waals surface area contributed by atoms with Crippen LogP contribution >= 0.6 is 0 Å². The molecule has 29 heavy (non-hydrogen) atoms. The van der Waals surface area contributed by atoms with Gasteiger partial charge in [-0.1, -0.05) is 12.2 Å². The molecular weight excluding hydrogens is 394 g/mol. The number of aliphatic imine (C=N–C) groups is 1. The van der Waals surface area contributed by atoms with Crippen molar-refractivity contribution in [2.75, 3.05) is 46.0 Å². The molecule has 1 aliphatic heterocycles. The molecule has 2 fully saturated rings. The zero-order valence-corrected chi connectivity index (χ0v) is 18.1. The van der Waals surface area contributed by atoms with Crippen LogP contribution < -0.4 is 10.6 Å². The van der Waals surface area contributed by atoms with Gasteiger partial charge in [-0.3, -0.25) is 19.5 Å². The van der Waals surface area contributed by atoms with Gasteiger partial charge in [0.25, 0.3) is 0 Å². The number of guanidine groups is 1. The Balaban J connectivity index is 1.39. The molecule has 1 saturated heterocycles. The van der Waals surface area contributed by atoms with Crippen molar-refractivity contribution in [3.63, 3.8) is 0 Å². The lowest BCUT2D eigenvalue weighted by atomic mass is 9.85. The molecule has 4 atom stereocenters. The van der Waals surface area contributed by atoms with Gasteiger partial charge in [0.05, 0.1) is 17.6 Å². The topological polar surface area (TPSA) is 111 Å². The molecule has 162 valence electrons. The molecule has 0 radical (unpaired) electrons. The van der Waals surface area contributed by atoms with Crippen LogP contribution in [0.4, 0.5) is 0 Å². The Morgan fingerprint density at radius 2 is 1.76 bits per heavy atom. The van der Waals surface area contributed by atoms with Crippen LogP contribution in [0.15, 0.2) is 17.1 Å². The maximum Gasteiger partial charge on any atom is 0.233 e. The summed E-state index contributed by atoms with van der Waals surface area (Å²) in [6.45, 7) is 3.35. The molecule has 9 nitrogen and oxygen atoms in total. The largest absolute Gasteiger partial charge is 0.356 e. The van der Waals surface area contributed by atoms with E-state index >= 15 is 0 Å². The van der Waals surface area contributed by atoms with E-state index in [-0.39, 0.29) is 41.2 Å². The van der Waals surface area contributed by atoms with Gasteiger partial charge in [0.2, 0.25) is 21.8 Å². The molecule has 10 heteroatoms. The van der Waals surface area contributed by atoms with Crippen molar-refractivity contribution in [2.24, 2.45) is 28.7 Å². The van der Waals surface area contributed by atoms with Crippen molar-refractivity contribution >= 4 is 27.8 Å². The van der Waals surface area contributed by atoms with Gasteiger partial charge in [-0.25, -0.2) is 12.7 Å². The van der Waals surface area contributed by atoms with Gasteiger partial charge in [0, 0.05) is 40.3 Å². The molecule has 0 aromatic rings. The highest BCUT2D eigenvalue weighted by Crippen LogP contribution is 2.52. The Hall–Kier alpha value is -1.94. The first-order chi connectivity index (χ1) is 13.8. The maximum atomic E-state index is 12.7. The Kier molecular flexibility index (Phi) is 6.62. The van der Waals surface area contributed by atoms with Gasteiger partial charge in [0.1, 0.15) is 0 Å². The molecule has 2 aliphatic carbocycles. The molecule has 0 aromatic carbocycles. The highest BCUT2D eigenvalue weighted by Gasteiger charge is 2.58. The van der Waals surface area contributed by atoms with Crippen molar-refractivity contribution in [1.82, 2.24) is 19.8 Å². The minimum Gasteiger partial charge on any atom is -0.356 e. The quantitative estimate of drug-likeness (QED) is 0.171. The van der Waals surface area contributed by atoms with Crippen LogP contribution in [-0.2, 0) is 19.6 Å². The van der Waals surface area contributed by atoms with Gasteiger partial charge in [-0.2, -0.15) is 0 Å². The number of carbonyl (C=O) groups is 2. The first-order valence-electron chi connectivity index (χ1n) is 10.2. The summed E-state index contributed by atoms with van der Waals surface area (Å²) in [5.41, 5.74) is 0. The SMILES string of the molecule is CCS(=O)(=O)N(C)CCCNC(=NC)NCCN1C(=O)C2C3C=CC(C3)C2C1=O. The van der Waals surface area contributed by atoms with Gasteiger partial charge in [-0.05, 0) is 31.6 Å². The van der Waals surface area contributed by atoms with Crippen LogP contribution in [-0.4, -0.2) is 81.4 Å². The van der Waals surface area contributed by atoms with Crippen LogP contribution in [0, 0.1) is 23.7 Å². The number of rotatable bonds is 9. The standard InChI is InChI=1S/C19H31N5O4S/c1-4-29(27,28)23(3)10-5-8-21-19(20-2)22-9-11-24-17(25)15-13-6-7-14(12-13)16(15)18(24)26/h6-7,13-16H,4-5,8-12H2,1-3H3,(H2,20,21,22). The van der Waals surface area contributed by atoms with Crippen LogP contribution in [0.2, 0.25) is 0 Å². The molecule has 2 N–H and O–H groups in total. The van der Waals surface area contributed by atoms with E-state index in [1.165, 1.54) is 9.21 Å². The number of imide groups is 1. The molecule has 4 unspecified atom stereocenters. The molecule has 3 rings (SSSR count). The normalized spacial score (nSPS) is 28.6. The number of hydrogen-bond acceptors (Lipinski definition) is 5. The number of fused-ring (bicyclic) bond motifs is 5. The second-order valence-electron chi connectivity index (χ2n) is 7.83. The number of nitrogens with zero attached hydrogens (tertiary/aromatic N) is 3. The Labute approximate surface area is 172 Å². The summed E-state index contributed by atoms with van der Waals surface area (Å²) in [6, 6.07) is 0. The molecule has 0 aromatic heterocycles. The lowest BCUT2D eigenvalue weighted by molar-refractivity contribution is -0.140. The Bertz CT molecular complexity index is 779. The van der Waals surface area contributed by atoms with E-state index in [9.17, 15) is 18.0 Å². The van der Waals surface area contributed by atoms with E-state index in [1.807, 2.05) is 0 Å². The lowest BCUT2D eigenvalue weighted by Crippen LogP contribution is -2.44. The monoisotopic (exact) mass is 425 g/mol. The second-order valence-corrected chi connectivity index (χ2v) is 10.2. The van der Waals surface area contributed by atoms with Crippen molar-refractivity contribution < 1.29 is 18.0 Å². The molecule has 2 amide bonds. The summed E-state index contributed by atoms with van der Waals surface area (Å²) in [6.07, 6.45) is 5.75. The first kappa shape index (κ1) is 21.8. The van der Waals surface area contributed by atoms with Gasteiger partial charge in [0.15, 0.2) is 5.96 Å². The van der Waals surface area contributed by atoms with Gasteiger partial charge >= 0.3 is 0 Å². The summed E-state index contributed by atoms with van der Waals surface area (Å²) in [4.78, 5) is 30.8. The second kappa shape index (κ2) is 8.83. The molecule has 0 spiro atoms. The van der Waals surface area contributed by atoms with E-state index in [0.717, 1.165) is 6.42 Å². The van der Waals surface area contributed by atoms with E-state index in [4.69, 9.17) is 0 Å². The van der Waals surface area contributed by atoms with Crippen LogP contribution in [0.5, 0.6) is 0 Å². The van der Waals surface area contributed by atoms with Crippen LogP contribution in [0.1, 0.15) is 19.8 Å². The van der Waals surface area contributed by atoms with E-state index < -0.39 is 10.0 Å². The van der Waals surface area contributed by atoms with Crippen molar-refractivity contribution in [3.05, 3.63) is 12.2 Å². The lowest BCUT2D eigenvalue weighted by Gasteiger charge is -2.19. The summed E-state index contributed by atoms with van der Waals surface area (Å²) < 4.78 is 24.8. The maximum absolute atomic E-state index is 12.7.